The van der Waals surface area contributed by atoms with E-state index in [1.54, 1.807) is 18.2 Å². The maximum Gasteiger partial charge on any atom is 0.233 e. The number of nitrogen functional groups attached to an aromatic ring is 1. The highest BCUT2D eigenvalue weighted by Crippen LogP contribution is 2.28. The van der Waals surface area contributed by atoms with Crippen LogP contribution in [-0.4, -0.2) is 56.2 Å². The Balaban J connectivity index is 0.000000402. The summed E-state index contributed by atoms with van der Waals surface area (Å²) in [6.45, 7) is 0. The van der Waals surface area contributed by atoms with Crippen molar-refractivity contribution in [2.45, 2.75) is 60.0 Å². The summed E-state index contributed by atoms with van der Waals surface area (Å²) in [5, 5.41) is 9.57. The van der Waals surface area contributed by atoms with Crippen molar-refractivity contribution in [3.63, 3.8) is 0 Å². The fourth-order valence-corrected chi connectivity index (χ4v) is 3.85. The number of methoxy groups -OCH3 is 2. The lowest BCUT2D eigenvalue weighted by atomic mass is 10.3. The van der Waals surface area contributed by atoms with E-state index in [9.17, 15) is 8.78 Å². The van der Waals surface area contributed by atoms with Gasteiger partial charge in [-0.15, -0.1) is 0 Å². The molecule has 0 atom stereocenters. The summed E-state index contributed by atoms with van der Waals surface area (Å²) >= 11 is 16.0. The molecule has 6 rings (SSSR count). The molecular weight excluding hydrogens is 665 g/mol. The van der Waals surface area contributed by atoms with Crippen LogP contribution in [0, 0.1) is 11.6 Å². The Morgan fingerprint density at radius 1 is 0.652 bits per heavy atom. The van der Waals surface area contributed by atoms with Gasteiger partial charge in [0.1, 0.15) is 0 Å². The Morgan fingerprint density at radius 3 is 1.46 bits per heavy atom. The molecule has 2 aliphatic rings. The normalized spacial score (nSPS) is 12.6. The standard InChI is InChI=1S/C16H19FN6O.C7H8FNO.C3Cl3N3.3CH4/c1-24-13-7-6-11(8-12(13)17)20-16-22-14(18-9-2-3-9)21-15(23-16)19-10-4-5-10;1-10-7-3-2-5(9)4-6(7)8;4-1-7-2(5)9-3(6)8-1;;;/h6-10H,2-5H2,1H3,(H3,18,19,20,21,22,23);2-4H,9H2,1H3;;3*1H4. The van der Waals surface area contributed by atoms with Crippen LogP contribution in [0.15, 0.2) is 36.4 Å². The minimum Gasteiger partial charge on any atom is -0.494 e. The summed E-state index contributed by atoms with van der Waals surface area (Å²) in [7, 11) is 2.84. The highest BCUT2D eigenvalue weighted by molar-refractivity contribution is 6.33. The Kier molecular flexibility index (Phi) is 16.4. The van der Waals surface area contributed by atoms with Crippen LogP contribution in [0.4, 0.5) is 38.0 Å². The highest BCUT2D eigenvalue weighted by Gasteiger charge is 2.25. The maximum absolute atomic E-state index is 13.8. The monoisotopic (exact) mass is 702 g/mol. The lowest BCUT2D eigenvalue weighted by Gasteiger charge is -2.11. The van der Waals surface area contributed by atoms with Crippen molar-refractivity contribution in [1.29, 1.82) is 0 Å². The minimum atomic E-state index is -0.441. The third-order valence-corrected chi connectivity index (χ3v) is 6.10. The van der Waals surface area contributed by atoms with E-state index < -0.39 is 11.6 Å². The summed E-state index contributed by atoms with van der Waals surface area (Å²) in [4.78, 5) is 23.5. The third kappa shape index (κ3) is 13.2. The van der Waals surface area contributed by atoms with Crippen molar-refractivity contribution in [1.82, 2.24) is 29.9 Å². The first-order chi connectivity index (χ1) is 20.6. The van der Waals surface area contributed by atoms with Gasteiger partial charge in [-0.25, -0.2) is 8.78 Å². The molecule has 0 aliphatic heterocycles. The molecule has 0 unspecified atom stereocenters. The zero-order chi connectivity index (χ0) is 30.9. The molecule has 17 heteroatoms. The Bertz CT molecular complexity index is 1470. The number of aromatic nitrogens is 6. The largest absolute Gasteiger partial charge is 0.494 e. The molecule has 2 aliphatic carbocycles. The second kappa shape index (κ2) is 18.8. The predicted octanol–water partition coefficient (Wildman–Crippen LogP) is 8.07. The van der Waals surface area contributed by atoms with Gasteiger partial charge in [-0.1, -0.05) is 22.3 Å². The first kappa shape index (κ1) is 40.0. The molecule has 0 saturated heterocycles. The topological polar surface area (TPSA) is 158 Å². The van der Waals surface area contributed by atoms with Gasteiger partial charge < -0.3 is 31.2 Å². The smallest absolute Gasteiger partial charge is 0.233 e. The second-order valence-electron chi connectivity index (χ2n) is 9.15. The SMILES string of the molecule is C.C.C.COc1ccc(N)cc1F.COc1ccc(Nc2nc(NC3CC3)nc(NC3CC3)n2)cc1F.Clc1nc(Cl)nc(Cl)n1. The molecule has 2 aromatic heterocycles. The third-order valence-electron chi connectivity index (χ3n) is 5.59. The fourth-order valence-electron chi connectivity index (χ4n) is 3.24. The van der Waals surface area contributed by atoms with Crippen molar-refractivity contribution >= 4 is 64.0 Å². The lowest BCUT2D eigenvalue weighted by Crippen LogP contribution is -2.13. The number of rotatable bonds is 8. The first-order valence-corrected chi connectivity index (χ1v) is 14.0. The van der Waals surface area contributed by atoms with Crippen molar-refractivity contribution < 1.29 is 18.3 Å². The number of hydrogen-bond donors (Lipinski definition) is 4. The van der Waals surface area contributed by atoms with Gasteiger partial charge in [0.2, 0.25) is 33.7 Å². The van der Waals surface area contributed by atoms with Gasteiger partial charge >= 0.3 is 0 Å². The Labute approximate surface area is 282 Å². The molecule has 5 N–H and O–H groups in total. The van der Waals surface area contributed by atoms with E-state index in [0.29, 0.717) is 41.3 Å². The summed E-state index contributed by atoms with van der Waals surface area (Å²) in [6, 6.07) is 9.80. The molecule has 2 aromatic carbocycles. The number of halogens is 5. The molecule has 2 fully saturated rings. The van der Waals surface area contributed by atoms with Crippen LogP contribution in [-0.2, 0) is 0 Å². The van der Waals surface area contributed by atoms with Gasteiger partial charge in [0.05, 0.1) is 14.2 Å². The van der Waals surface area contributed by atoms with Crippen molar-refractivity contribution in [2.24, 2.45) is 0 Å². The van der Waals surface area contributed by atoms with E-state index in [2.05, 4.69) is 50.6 Å². The molecule has 2 saturated carbocycles. The first-order valence-electron chi connectivity index (χ1n) is 12.8. The average molecular weight is 704 g/mol. The summed E-state index contributed by atoms with van der Waals surface area (Å²) in [6.07, 6.45) is 4.51. The number of hydrogen-bond acceptors (Lipinski definition) is 12. The molecule has 0 amide bonds. The molecule has 12 nitrogen and oxygen atoms in total. The number of ether oxygens (including phenoxy) is 2. The van der Waals surface area contributed by atoms with Crippen LogP contribution in [0.2, 0.25) is 15.9 Å². The number of anilines is 5. The molecule has 46 heavy (non-hydrogen) atoms. The van der Waals surface area contributed by atoms with E-state index in [4.69, 9.17) is 45.3 Å². The van der Waals surface area contributed by atoms with Crippen LogP contribution in [0.3, 0.4) is 0 Å². The fraction of sp³-hybridized carbons (Fsp3) is 0.379. The number of nitrogens with zero attached hydrogens (tertiary/aromatic N) is 6. The van der Waals surface area contributed by atoms with E-state index in [1.165, 1.54) is 32.4 Å². The Morgan fingerprint density at radius 2 is 1.07 bits per heavy atom. The maximum atomic E-state index is 13.8. The van der Waals surface area contributed by atoms with E-state index in [0.717, 1.165) is 25.7 Å². The summed E-state index contributed by atoms with van der Waals surface area (Å²) in [5.41, 5.74) is 6.24. The molecule has 4 aromatic rings. The van der Waals surface area contributed by atoms with Crippen LogP contribution in [0.25, 0.3) is 0 Å². The second-order valence-corrected chi connectivity index (χ2v) is 10.2. The van der Waals surface area contributed by atoms with Gasteiger partial charge in [0, 0.05) is 35.6 Å². The predicted molar refractivity (Wildman–Crippen MR) is 182 cm³/mol. The molecule has 0 spiro atoms. The van der Waals surface area contributed by atoms with Gasteiger partial charge in [-0.2, -0.15) is 29.9 Å². The average Bonchev–Trinajstić information content (AvgIpc) is 3.87. The number of nitrogens with two attached hydrogens (primary N) is 1. The van der Waals surface area contributed by atoms with Gasteiger partial charge in [-0.05, 0) is 84.8 Å². The van der Waals surface area contributed by atoms with Crippen LogP contribution >= 0.6 is 34.8 Å². The zero-order valence-corrected chi connectivity index (χ0v) is 25.2. The zero-order valence-electron chi connectivity index (χ0n) is 22.9. The summed E-state index contributed by atoms with van der Waals surface area (Å²) in [5.74, 6) is 0.990. The van der Waals surface area contributed by atoms with Crippen molar-refractivity contribution in [2.75, 3.05) is 35.9 Å². The number of benzene rings is 2. The van der Waals surface area contributed by atoms with Crippen LogP contribution in [0.5, 0.6) is 11.5 Å². The van der Waals surface area contributed by atoms with Gasteiger partial charge in [-0.3, -0.25) is 0 Å². The quantitative estimate of drug-likeness (QED) is 0.131. The summed E-state index contributed by atoms with van der Waals surface area (Å²) < 4.78 is 36.1. The minimum absolute atomic E-state index is 0. The van der Waals surface area contributed by atoms with Crippen LogP contribution < -0.4 is 31.2 Å². The van der Waals surface area contributed by atoms with E-state index >= 15 is 0 Å². The Hall–Kier alpha value is -4.01. The molecule has 0 radical (unpaired) electrons. The van der Waals surface area contributed by atoms with Crippen molar-refractivity contribution in [3.8, 4) is 11.5 Å². The lowest BCUT2D eigenvalue weighted by molar-refractivity contribution is 0.386. The van der Waals surface area contributed by atoms with E-state index in [-0.39, 0.29) is 49.6 Å². The molecule has 0 bridgehead atoms. The van der Waals surface area contributed by atoms with Gasteiger partial charge in [0.25, 0.3) is 0 Å². The highest BCUT2D eigenvalue weighted by atomic mass is 35.5. The number of nitrogens with one attached hydrogen (secondary N) is 3. The van der Waals surface area contributed by atoms with Crippen molar-refractivity contribution in [3.05, 3.63) is 63.9 Å². The molecule has 252 valence electrons. The van der Waals surface area contributed by atoms with Gasteiger partial charge in [0.15, 0.2) is 23.1 Å². The molecular formula is C29H39Cl3F2N10O2. The molecule has 2 heterocycles. The van der Waals surface area contributed by atoms with Crippen LogP contribution in [0.1, 0.15) is 48.0 Å². The van der Waals surface area contributed by atoms with E-state index in [1.807, 2.05) is 0 Å².